The third-order valence-electron chi connectivity index (χ3n) is 0.826. The predicted molar refractivity (Wildman–Crippen MR) is 23.6 cm³/mol. The summed E-state index contributed by atoms with van der Waals surface area (Å²) in [6.07, 6.45) is 2.76. The topological polar surface area (TPSA) is 24.7 Å². The fourth-order valence-corrected chi connectivity index (χ4v) is 0.421. The van der Waals surface area contributed by atoms with Crippen LogP contribution in [0.3, 0.4) is 0 Å². The molecule has 0 aromatic heterocycles. The van der Waals surface area contributed by atoms with E-state index in [9.17, 15) is 0 Å². The van der Waals surface area contributed by atoms with Crippen LogP contribution in [-0.4, -0.2) is 6.17 Å². The van der Waals surface area contributed by atoms with Crippen molar-refractivity contribution in [1.82, 2.24) is 0 Å². The van der Waals surface area contributed by atoms with Crippen LogP contribution >= 0.6 is 0 Å². The highest BCUT2D eigenvalue weighted by molar-refractivity contribution is 4.67. The van der Waals surface area contributed by atoms with E-state index in [1.54, 1.807) is 0 Å². The zero-order valence-electron chi connectivity index (χ0n) is 3.89. The van der Waals surface area contributed by atoms with Crippen LogP contribution in [0.5, 0.6) is 0 Å². The van der Waals surface area contributed by atoms with Gasteiger partial charge in [0, 0.05) is 0 Å². The van der Waals surface area contributed by atoms with Crippen LogP contribution in [0, 0.1) is 0 Å². The minimum absolute atomic E-state index is 0.398. The molecule has 34 valence electrons. The van der Waals surface area contributed by atoms with Gasteiger partial charge in [0.1, 0.15) is 0 Å². The van der Waals surface area contributed by atoms with Gasteiger partial charge in [0.25, 0.3) is 0 Å². The Hall–Kier alpha value is -0.400. The standard InChI is InChI=1S/C4H8N2/c1-2-3-4-5-6-4/h4H,2-3H2,1H3. The molecule has 1 rings (SSSR count). The molecular formula is C4H8N2. The summed E-state index contributed by atoms with van der Waals surface area (Å²) in [5, 5.41) is 7.43. The zero-order valence-corrected chi connectivity index (χ0v) is 3.89. The summed E-state index contributed by atoms with van der Waals surface area (Å²) in [6.45, 7) is 2.14. The maximum atomic E-state index is 3.72. The highest BCUT2D eigenvalue weighted by atomic mass is 15.4. The number of hydrogen-bond donors (Lipinski definition) is 0. The first-order valence-electron chi connectivity index (χ1n) is 2.33. The Morgan fingerprint density at radius 2 is 2.17 bits per heavy atom. The molecule has 0 bridgehead atoms. The molecule has 2 nitrogen and oxygen atoms in total. The second-order valence-corrected chi connectivity index (χ2v) is 1.50. The Morgan fingerprint density at radius 1 is 1.50 bits per heavy atom. The molecule has 0 saturated carbocycles. The lowest BCUT2D eigenvalue weighted by atomic mass is 10.3. The van der Waals surface area contributed by atoms with Gasteiger partial charge < -0.3 is 0 Å². The van der Waals surface area contributed by atoms with Gasteiger partial charge >= 0.3 is 0 Å². The van der Waals surface area contributed by atoms with Crippen molar-refractivity contribution < 1.29 is 0 Å². The van der Waals surface area contributed by atoms with Crippen LogP contribution in [-0.2, 0) is 0 Å². The number of nitrogens with zero attached hydrogens (tertiary/aromatic N) is 2. The van der Waals surface area contributed by atoms with Crippen molar-refractivity contribution in [2.45, 2.75) is 25.9 Å². The van der Waals surface area contributed by atoms with E-state index in [0.29, 0.717) is 6.17 Å². The molecular weight excluding hydrogens is 76.1 g/mol. The highest BCUT2D eigenvalue weighted by Crippen LogP contribution is 2.15. The van der Waals surface area contributed by atoms with Crippen molar-refractivity contribution in [2.75, 3.05) is 0 Å². The highest BCUT2D eigenvalue weighted by Gasteiger charge is 2.11. The lowest BCUT2D eigenvalue weighted by Gasteiger charge is -1.78. The van der Waals surface area contributed by atoms with E-state index < -0.39 is 0 Å². The largest absolute Gasteiger partial charge is 0.181 e. The number of rotatable bonds is 2. The van der Waals surface area contributed by atoms with Gasteiger partial charge in [-0.25, -0.2) is 0 Å². The van der Waals surface area contributed by atoms with E-state index >= 15 is 0 Å². The molecule has 0 amide bonds. The average Bonchev–Trinajstić information content (AvgIpc) is 2.21. The molecule has 0 aliphatic carbocycles. The van der Waals surface area contributed by atoms with Crippen LogP contribution in [0.1, 0.15) is 19.8 Å². The molecule has 1 aliphatic rings. The van der Waals surface area contributed by atoms with Gasteiger partial charge in [-0.3, -0.25) is 0 Å². The summed E-state index contributed by atoms with van der Waals surface area (Å²) in [4.78, 5) is 0. The molecule has 0 atom stereocenters. The number of hydrogen-bond acceptors (Lipinski definition) is 2. The first kappa shape index (κ1) is 3.78. The SMILES string of the molecule is CCCC1N=N1. The van der Waals surface area contributed by atoms with Crippen LogP contribution < -0.4 is 0 Å². The van der Waals surface area contributed by atoms with Crippen LogP contribution in [0.2, 0.25) is 0 Å². The van der Waals surface area contributed by atoms with Crippen molar-refractivity contribution in [2.24, 2.45) is 10.2 Å². The normalized spacial score (nSPS) is 18.8. The van der Waals surface area contributed by atoms with E-state index in [0.717, 1.165) is 6.42 Å². The molecule has 0 N–H and O–H groups in total. The van der Waals surface area contributed by atoms with Gasteiger partial charge in [-0.15, -0.1) is 0 Å². The van der Waals surface area contributed by atoms with E-state index in [1.165, 1.54) is 6.42 Å². The minimum Gasteiger partial charge on any atom is -0.163 e. The minimum atomic E-state index is 0.398. The van der Waals surface area contributed by atoms with Crippen LogP contribution in [0.25, 0.3) is 0 Å². The van der Waals surface area contributed by atoms with Crippen molar-refractivity contribution in [3.8, 4) is 0 Å². The summed E-state index contributed by atoms with van der Waals surface area (Å²) in [6, 6.07) is 0. The molecule has 0 unspecified atom stereocenters. The quantitative estimate of drug-likeness (QED) is 0.485. The molecule has 0 saturated heterocycles. The Bertz CT molecular complexity index is 61.9. The molecule has 0 aromatic carbocycles. The summed E-state index contributed by atoms with van der Waals surface area (Å²) in [5.41, 5.74) is 0. The van der Waals surface area contributed by atoms with Crippen LogP contribution in [0.15, 0.2) is 10.2 Å². The van der Waals surface area contributed by atoms with E-state index in [4.69, 9.17) is 0 Å². The summed E-state index contributed by atoms with van der Waals surface area (Å²) < 4.78 is 0. The molecule has 2 heteroatoms. The Kier molecular flexibility index (Phi) is 0.862. The molecule has 1 heterocycles. The van der Waals surface area contributed by atoms with Gasteiger partial charge in [0.05, 0.1) is 0 Å². The molecule has 0 aromatic rings. The first-order valence-corrected chi connectivity index (χ1v) is 2.33. The molecule has 0 fully saturated rings. The summed E-state index contributed by atoms with van der Waals surface area (Å²) >= 11 is 0. The smallest absolute Gasteiger partial charge is 0.163 e. The molecule has 0 spiro atoms. The average molecular weight is 84.1 g/mol. The van der Waals surface area contributed by atoms with Gasteiger partial charge in [-0.05, 0) is 6.42 Å². The lowest BCUT2D eigenvalue weighted by Crippen LogP contribution is -1.78. The van der Waals surface area contributed by atoms with Gasteiger partial charge in [0.15, 0.2) is 6.17 Å². The van der Waals surface area contributed by atoms with Crippen LogP contribution in [0.4, 0.5) is 0 Å². The van der Waals surface area contributed by atoms with Crippen molar-refractivity contribution in [1.29, 1.82) is 0 Å². The fraction of sp³-hybridized carbons (Fsp3) is 1.00. The van der Waals surface area contributed by atoms with Crippen molar-refractivity contribution in [3.63, 3.8) is 0 Å². The van der Waals surface area contributed by atoms with Crippen molar-refractivity contribution in [3.05, 3.63) is 0 Å². The van der Waals surface area contributed by atoms with Crippen molar-refractivity contribution >= 4 is 0 Å². The second-order valence-electron chi connectivity index (χ2n) is 1.50. The lowest BCUT2D eigenvalue weighted by molar-refractivity contribution is 0.761. The Morgan fingerprint density at radius 3 is 2.33 bits per heavy atom. The Labute approximate surface area is 37.3 Å². The third kappa shape index (κ3) is 0.776. The monoisotopic (exact) mass is 84.1 g/mol. The van der Waals surface area contributed by atoms with Gasteiger partial charge in [-0.1, -0.05) is 13.3 Å². The molecule has 1 aliphatic heterocycles. The van der Waals surface area contributed by atoms with E-state index in [-0.39, 0.29) is 0 Å². The maximum absolute atomic E-state index is 3.72. The predicted octanol–water partition coefficient (Wildman–Crippen LogP) is 1.58. The second kappa shape index (κ2) is 1.37. The van der Waals surface area contributed by atoms with Gasteiger partial charge in [0.2, 0.25) is 0 Å². The molecule has 6 heavy (non-hydrogen) atoms. The van der Waals surface area contributed by atoms with Gasteiger partial charge in [-0.2, -0.15) is 10.2 Å². The summed E-state index contributed by atoms with van der Waals surface area (Å²) in [5.74, 6) is 0. The first-order chi connectivity index (χ1) is 2.93. The van der Waals surface area contributed by atoms with E-state index in [1.807, 2.05) is 0 Å². The van der Waals surface area contributed by atoms with E-state index in [2.05, 4.69) is 17.2 Å². The zero-order chi connectivity index (χ0) is 4.41. The maximum Gasteiger partial charge on any atom is 0.181 e. The fourth-order valence-electron chi connectivity index (χ4n) is 0.421. The Balaban J connectivity index is 1.90. The summed E-state index contributed by atoms with van der Waals surface area (Å²) in [7, 11) is 0. The third-order valence-corrected chi connectivity index (χ3v) is 0.826. The molecule has 0 radical (unpaired) electrons.